The van der Waals surface area contributed by atoms with Crippen LogP contribution in [0.25, 0.3) is 6.08 Å². The third-order valence-electron chi connectivity index (χ3n) is 6.65. The Labute approximate surface area is 207 Å². The van der Waals surface area contributed by atoms with E-state index in [-0.39, 0.29) is 18.1 Å². The number of nitrogens with zero attached hydrogens (tertiary/aromatic N) is 1. The number of aromatic nitrogens is 1. The number of allylic oxidation sites excluding steroid dienone is 2. The maximum atomic E-state index is 13.1. The molecule has 2 heterocycles. The van der Waals surface area contributed by atoms with Gasteiger partial charge in [-0.05, 0) is 38.8 Å². The van der Waals surface area contributed by atoms with E-state index < -0.39 is 35.6 Å². The summed E-state index contributed by atoms with van der Waals surface area (Å²) >= 11 is 1.56. The predicted molar refractivity (Wildman–Crippen MR) is 136 cm³/mol. The lowest BCUT2D eigenvalue weighted by atomic mass is 9.73. The van der Waals surface area contributed by atoms with Crippen molar-refractivity contribution < 1.29 is 24.5 Å². The Morgan fingerprint density at radius 3 is 2.53 bits per heavy atom. The van der Waals surface area contributed by atoms with Crippen LogP contribution in [0.2, 0.25) is 0 Å². The molecule has 1 aromatic heterocycles. The lowest BCUT2D eigenvalue weighted by Crippen LogP contribution is -2.45. The number of cyclic esters (lactones) is 1. The molecule has 7 heteroatoms. The molecule has 0 saturated carbocycles. The fourth-order valence-corrected chi connectivity index (χ4v) is 4.62. The summed E-state index contributed by atoms with van der Waals surface area (Å²) in [5.41, 5.74) is 1.57. The summed E-state index contributed by atoms with van der Waals surface area (Å²) in [4.78, 5) is 30.4. The van der Waals surface area contributed by atoms with Crippen molar-refractivity contribution in [3.63, 3.8) is 0 Å². The highest BCUT2D eigenvalue weighted by Gasteiger charge is 2.42. The highest BCUT2D eigenvalue weighted by molar-refractivity contribution is 7.09. The Balaban J connectivity index is 2.37. The first kappa shape index (κ1) is 28.1. The van der Waals surface area contributed by atoms with Gasteiger partial charge < -0.3 is 14.9 Å². The van der Waals surface area contributed by atoms with Crippen molar-refractivity contribution in [2.24, 2.45) is 17.3 Å². The number of thiazole rings is 1. The largest absolute Gasteiger partial charge is 0.457 e. The molecule has 2 rings (SSSR count). The number of rotatable bonds is 2. The summed E-state index contributed by atoms with van der Waals surface area (Å²) in [6, 6.07) is 0. The summed E-state index contributed by atoms with van der Waals surface area (Å²) in [6.07, 6.45) is 6.13. The summed E-state index contributed by atoms with van der Waals surface area (Å²) in [6.45, 7) is 12.6. The fraction of sp³-hybridized carbons (Fsp3) is 0.593. The van der Waals surface area contributed by atoms with Gasteiger partial charge in [0.2, 0.25) is 0 Å². The van der Waals surface area contributed by atoms with E-state index in [0.29, 0.717) is 12.8 Å². The number of Topliss-reactive ketones (excluding diaryl/α,β-unsaturated/α-hetero) is 1. The number of carbonyl (C=O) groups excluding carboxylic acids is 2. The number of aliphatic hydroxyl groups is 2. The molecule has 0 spiro atoms. The molecule has 5 atom stereocenters. The summed E-state index contributed by atoms with van der Waals surface area (Å²) in [5, 5.41) is 24.4. The molecule has 2 unspecified atom stereocenters. The minimum atomic E-state index is -1.23. The number of hydrogen-bond donors (Lipinski definition) is 2. The van der Waals surface area contributed by atoms with Gasteiger partial charge in [0.25, 0.3) is 0 Å². The highest BCUT2D eigenvalue weighted by atomic mass is 32.1. The summed E-state index contributed by atoms with van der Waals surface area (Å²) in [5.74, 6) is -1.77. The van der Waals surface area contributed by atoms with Crippen LogP contribution in [-0.2, 0) is 14.3 Å². The predicted octanol–water partition coefficient (Wildman–Crippen LogP) is 5.04. The van der Waals surface area contributed by atoms with Crippen LogP contribution in [0.4, 0.5) is 0 Å². The average molecular weight is 490 g/mol. The molecule has 2 N–H and O–H groups in total. The van der Waals surface area contributed by atoms with E-state index in [2.05, 4.69) is 4.98 Å². The van der Waals surface area contributed by atoms with Crippen molar-refractivity contribution in [3.05, 3.63) is 45.5 Å². The van der Waals surface area contributed by atoms with Crippen LogP contribution in [0.3, 0.4) is 0 Å². The normalized spacial score (nSPS) is 32.6. The molecule has 1 aromatic rings. The van der Waals surface area contributed by atoms with E-state index in [1.165, 1.54) is 0 Å². The molecule has 0 amide bonds. The lowest BCUT2D eigenvalue weighted by Gasteiger charge is -2.34. The molecular formula is C27H39NO5S. The Hall–Kier alpha value is -2.09. The smallest absolute Gasteiger partial charge is 0.309 e. The Morgan fingerprint density at radius 2 is 1.91 bits per heavy atom. The highest BCUT2D eigenvalue weighted by Crippen LogP contribution is 2.31. The van der Waals surface area contributed by atoms with Gasteiger partial charge in [-0.25, -0.2) is 4.98 Å². The van der Waals surface area contributed by atoms with Crippen molar-refractivity contribution in [1.29, 1.82) is 0 Å². The Bertz CT molecular complexity index is 958. The number of aliphatic hydroxyl groups excluding tert-OH is 2. The van der Waals surface area contributed by atoms with E-state index >= 15 is 0 Å². The first-order valence-electron chi connectivity index (χ1n) is 11.9. The number of aryl methyl sites for hydroxylation is 1. The van der Waals surface area contributed by atoms with Crippen molar-refractivity contribution in [2.45, 2.75) is 86.0 Å². The topological polar surface area (TPSA) is 96.7 Å². The van der Waals surface area contributed by atoms with E-state index in [0.717, 1.165) is 21.8 Å². The number of ether oxygens (including phenoxy) is 1. The molecule has 188 valence electrons. The van der Waals surface area contributed by atoms with E-state index in [4.69, 9.17) is 4.74 Å². The van der Waals surface area contributed by atoms with Gasteiger partial charge in [-0.1, -0.05) is 51.5 Å². The van der Waals surface area contributed by atoms with E-state index in [1.54, 1.807) is 32.1 Å². The van der Waals surface area contributed by atoms with Crippen LogP contribution in [-0.4, -0.2) is 45.3 Å². The molecule has 6 nitrogen and oxygen atoms in total. The SMILES string of the molecule is C/C1=C/CC(/C(C)=C/c2csc(C)n2)OC(=O)C[C@H](O)C(C)(C)C(=O)[C@H](C)[C@@H](O)C(C)/C=C/C1. The van der Waals surface area contributed by atoms with Crippen molar-refractivity contribution in [3.8, 4) is 0 Å². The van der Waals surface area contributed by atoms with Crippen LogP contribution in [0.1, 0.15) is 71.5 Å². The minimum absolute atomic E-state index is 0.225. The zero-order valence-electron chi connectivity index (χ0n) is 21.4. The molecule has 0 saturated heterocycles. The number of carbonyl (C=O) groups is 2. The minimum Gasteiger partial charge on any atom is -0.457 e. The zero-order chi connectivity index (χ0) is 25.6. The Morgan fingerprint density at radius 1 is 1.24 bits per heavy atom. The molecule has 0 bridgehead atoms. The monoisotopic (exact) mass is 489 g/mol. The van der Waals surface area contributed by atoms with Gasteiger partial charge in [0, 0.05) is 23.6 Å². The average Bonchev–Trinajstić information content (AvgIpc) is 3.18. The third kappa shape index (κ3) is 7.45. The van der Waals surface area contributed by atoms with Gasteiger partial charge in [0.15, 0.2) is 0 Å². The maximum Gasteiger partial charge on any atom is 0.309 e. The second-order valence-corrected chi connectivity index (χ2v) is 11.1. The van der Waals surface area contributed by atoms with Crippen LogP contribution in [0.5, 0.6) is 0 Å². The molecular weight excluding hydrogens is 450 g/mol. The van der Waals surface area contributed by atoms with E-state index in [1.807, 2.05) is 57.4 Å². The van der Waals surface area contributed by atoms with Gasteiger partial charge in [-0.2, -0.15) is 0 Å². The van der Waals surface area contributed by atoms with Crippen molar-refractivity contribution in [2.75, 3.05) is 0 Å². The second kappa shape index (κ2) is 12.0. The molecule has 34 heavy (non-hydrogen) atoms. The second-order valence-electron chi connectivity index (χ2n) is 10.0. The van der Waals surface area contributed by atoms with Gasteiger partial charge in [-0.3, -0.25) is 9.59 Å². The van der Waals surface area contributed by atoms with Crippen LogP contribution >= 0.6 is 11.3 Å². The fourth-order valence-electron chi connectivity index (χ4n) is 4.05. The van der Waals surface area contributed by atoms with Gasteiger partial charge >= 0.3 is 5.97 Å². The quantitative estimate of drug-likeness (QED) is 0.446. The summed E-state index contributed by atoms with van der Waals surface area (Å²) in [7, 11) is 0. The maximum absolute atomic E-state index is 13.1. The van der Waals surface area contributed by atoms with E-state index in [9.17, 15) is 19.8 Å². The summed E-state index contributed by atoms with van der Waals surface area (Å²) < 4.78 is 5.79. The molecule has 1 aliphatic rings. The Kier molecular flexibility index (Phi) is 9.97. The van der Waals surface area contributed by atoms with Crippen LogP contribution < -0.4 is 0 Å². The molecule has 0 fully saturated rings. The lowest BCUT2D eigenvalue weighted by molar-refractivity contribution is -0.154. The van der Waals surface area contributed by atoms with Crippen molar-refractivity contribution >= 4 is 29.2 Å². The van der Waals surface area contributed by atoms with Gasteiger partial charge in [0.1, 0.15) is 11.9 Å². The number of hydrogen-bond acceptors (Lipinski definition) is 7. The van der Waals surface area contributed by atoms with Gasteiger partial charge in [0.05, 0.1) is 34.7 Å². The van der Waals surface area contributed by atoms with Crippen molar-refractivity contribution in [1.82, 2.24) is 4.98 Å². The molecule has 1 aliphatic heterocycles. The standard InChI is InChI=1S/C27H39NO5S/c1-16-9-8-10-17(2)25(31)19(4)26(32)27(6,7)23(29)14-24(30)33-22(12-11-16)18(3)13-21-15-34-20(5)28-21/h8,10-11,13,15,17,19,22-23,25,29,31H,9,12,14H2,1-7H3/b10-8+,16-11-,18-13+/t17?,19-,22?,23+,25+/m1/s1. The molecule has 0 radical (unpaired) electrons. The number of esters is 1. The molecule has 0 aromatic carbocycles. The number of ketones is 1. The first-order chi connectivity index (χ1) is 15.8. The molecule has 0 aliphatic carbocycles. The van der Waals surface area contributed by atoms with Crippen LogP contribution in [0, 0.1) is 24.2 Å². The third-order valence-corrected chi connectivity index (χ3v) is 7.44. The van der Waals surface area contributed by atoms with Crippen LogP contribution in [0.15, 0.2) is 34.8 Å². The zero-order valence-corrected chi connectivity index (χ0v) is 22.2. The van der Waals surface area contributed by atoms with Gasteiger partial charge in [-0.15, -0.1) is 11.3 Å². The first-order valence-corrected chi connectivity index (χ1v) is 12.7.